The number of phenols is 1. The number of alkyl halides is 1. The second-order valence-electron chi connectivity index (χ2n) is 5.37. The minimum Gasteiger partial charge on any atom is -0.507 e. The third-order valence-electron chi connectivity index (χ3n) is 3.01. The first kappa shape index (κ1) is 18.8. The van der Waals surface area contributed by atoms with Gasteiger partial charge in [0.1, 0.15) is 11.5 Å². The number of aromatic hydroxyl groups is 1. The number of hydrogen-bond acceptors (Lipinski definition) is 2. The van der Waals surface area contributed by atoms with Crippen LogP contribution in [-0.4, -0.2) is 16.0 Å². The van der Waals surface area contributed by atoms with Crippen LogP contribution < -0.4 is 4.74 Å². The highest BCUT2D eigenvalue weighted by molar-refractivity contribution is 9.11. The van der Waals surface area contributed by atoms with Crippen molar-refractivity contribution in [3.8, 4) is 11.5 Å². The van der Waals surface area contributed by atoms with Crippen LogP contribution in [0.2, 0.25) is 0 Å². The van der Waals surface area contributed by atoms with Crippen LogP contribution in [0.5, 0.6) is 11.5 Å². The number of rotatable bonds is 2. The molecule has 2 saturated carbocycles. The first-order valence-corrected chi connectivity index (χ1v) is 10.0. The Balaban J connectivity index is 0.000000140. The van der Waals surface area contributed by atoms with Crippen molar-refractivity contribution >= 4 is 47.8 Å². The van der Waals surface area contributed by atoms with E-state index >= 15 is 0 Å². The van der Waals surface area contributed by atoms with Crippen molar-refractivity contribution in [1.29, 1.82) is 0 Å². The van der Waals surface area contributed by atoms with Gasteiger partial charge in [-0.1, -0.05) is 40.2 Å². The van der Waals surface area contributed by atoms with Crippen molar-refractivity contribution in [3.63, 3.8) is 0 Å². The highest BCUT2D eigenvalue weighted by Gasteiger charge is 2.23. The highest BCUT2D eigenvalue weighted by atomic mass is 79.9. The van der Waals surface area contributed by atoms with Crippen molar-refractivity contribution in [2.24, 2.45) is 0 Å². The smallest absolute Gasteiger partial charge is 0.133 e. The Morgan fingerprint density at radius 3 is 1.74 bits per heavy atom. The average molecular weight is 507 g/mol. The maximum atomic E-state index is 8.87. The number of halogens is 3. The number of benzene rings is 2. The molecule has 2 aromatic rings. The lowest BCUT2D eigenvalue weighted by Gasteiger charge is -2.04. The highest BCUT2D eigenvalue weighted by Crippen LogP contribution is 2.31. The third-order valence-corrected chi connectivity index (χ3v) is 5.26. The van der Waals surface area contributed by atoms with Gasteiger partial charge in [0.05, 0.1) is 15.0 Å². The number of phenolic OH excluding ortho intramolecular Hbond substituents is 1. The van der Waals surface area contributed by atoms with Crippen molar-refractivity contribution in [1.82, 2.24) is 0 Å². The summed E-state index contributed by atoms with van der Waals surface area (Å²) in [7, 11) is 0. The Kier molecular flexibility index (Phi) is 7.93. The van der Waals surface area contributed by atoms with Crippen LogP contribution in [0.25, 0.3) is 0 Å². The van der Waals surface area contributed by atoms with Gasteiger partial charge in [0.2, 0.25) is 0 Å². The van der Waals surface area contributed by atoms with Gasteiger partial charge < -0.3 is 9.84 Å². The van der Waals surface area contributed by atoms with Gasteiger partial charge in [0.25, 0.3) is 0 Å². The van der Waals surface area contributed by atoms with Crippen LogP contribution >= 0.6 is 47.8 Å². The standard InChI is InChI=1S/C9H9BrO.C6H5BrO.C3H5Br/c10-8-3-1-2-4-9(8)11-7-5-6-7;7-5-3-1-2-4-6(5)8;4-3-1-2-3/h1-4,7H,5-6H2;1-4,8H;3H,1-2H2. The molecule has 0 unspecified atom stereocenters. The molecule has 0 aromatic heterocycles. The second-order valence-corrected chi connectivity index (χ2v) is 8.38. The summed E-state index contributed by atoms with van der Waals surface area (Å²) in [4.78, 5) is 0.896. The summed E-state index contributed by atoms with van der Waals surface area (Å²) >= 11 is 9.95. The van der Waals surface area contributed by atoms with Gasteiger partial charge in [-0.2, -0.15) is 0 Å². The van der Waals surface area contributed by atoms with Crippen LogP contribution in [0.1, 0.15) is 25.7 Å². The lowest BCUT2D eigenvalue weighted by Crippen LogP contribution is -1.95. The minimum atomic E-state index is 0.285. The summed E-state index contributed by atoms with van der Waals surface area (Å²) in [6.07, 6.45) is 5.71. The quantitative estimate of drug-likeness (QED) is 0.460. The van der Waals surface area contributed by atoms with E-state index in [2.05, 4.69) is 47.8 Å². The van der Waals surface area contributed by atoms with E-state index in [9.17, 15) is 0 Å². The van der Waals surface area contributed by atoms with Gasteiger partial charge in [-0.3, -0.25) is 0 Å². The van der Waals surface area contributed by atoms with Crippen LogP contribution in [0.15, 0.2) is 57.5 Å². The molecule has 0 spiro atoms. The first-order valence-electron chi connectivity index (χ1n) is 7.55. The normalized spacial score (nSPS) is 15.6. The molecule has 2 fully saturated rings. The monoisotopic (exact) mass is 504 g/mol. The number of hydrogen-bond donors (Lipinski definition) is 1. The lowest BCUT2D eigenvalue weighted by atomic mass is 10.3. The van der Waals surface area contributed by atoms with E-state index < -0.39 is 0 Å². The predicted octanol–water partition coefficient (Wildman–Crippen LogP) is 6.69. The van der Waals surface area contributed by atoms with E-state index in [1.807, 2.05) is 30.3 Å². The lowest BCUT2D eigenvalue weighted by molar-refractivity contribution is 0.301. The third kappa shape index (κ3) is 8.23. The summed E-state index contributed by atoms with van der Waals surface area (Å²) < 4.78 is 7.39. The molecule has 0 heterocycles. The number of ether oxygens (including phenoxy) is 1. The van der Waals surface area contributed by atoms with Crippen LogP contribution in [0, 0.1) is 0 Å². The zero-order valence-electron chi connectivity index (χ0n) is 12.6. The molecule has 2 aliphatic carbocycles. The topological polar surface area (TPSA) is 29.5 Å². The van der Waals surface area contributed by atoms with E-state index in [0.717, 1.165) is 19.5 Å². The van der Waals surface area contributed by atoms with Gasteiger partial charge in [-0.25, -0.2) is 0 Å². The van der Waals surface area contributed by atoms with E-state index in [1.165, 1.54) is 25.7 Å². The Bertz CT molecular complexity index is 590. The predicted molar refractivity (Wildman–Crippen MR) is 106 cm³/mol. The van der Waals surface area contributed by atoms with Crippen molar-refractivity contribution in [3.05, 3.63) is 57.5 Å². The summed E-state index contributed by atoms with van der Waals surface area (Å²) in [5.74, 6) is 1.25. The Hall–Kier alpha value is -0.520. The summed E-state index contributed by atoms with van der Waals surface area (Å²) in [6.45, 7) is 0. The first-order chi connectivity index (χ1) is 11.1. The average Bonchev–Trinajstić information content (AvgIpc) is 3.45. The Morgan fingerprint density at radius 2 is 1.35 bits per heavy atom. The largest absolute Gasteiger partial charge is 0.507 e. The molecular formula is C18H19Br3O2. The van der Waals surface area contributed by atoms with Gasteiger partial charge in [-0.05, 0) is 81.8 Å². The van der Waals surface area contributed by atoms with E-state index in [1.54, 1.807) is 18.2 Å². The van der Waals surface area contributed by atoms with Crippen LogP contribution in [-0.2, 0) is 0 Å². The summed E-state index contributed by atoms with van der Waals surface area (Å²) in [6, 6.07) is 15.0. The maximum Gasteiger partial charge on any atom is 0.133 e. The molecule has 0 saturated heterocycles. The molecular weight excluding hydrogens is 488 g/mol. The molecule has 23 heavy (non-hydrogen) atoms. The fraction of sp³-hybridized carbons (Fsp3) is 0.333. The molecule has 124 valence electrons. The molecule has 0 atom stereocenters. The second kappa shape index (κ2) is 9.70. The molecule has 2 nitrogen and oxygen atoms in total. The van der Waals surface area contributed by atoms with E-state index in [4.69, 9.17) is 9.84 Å². The molecule has 4 rings (SSSR count). The zero-order chi connectivity index (χ0) is 16.7. The van der Waals surface area contributed by atoms with Gasteiger partial charge >= 0.3 is 0 Å². The molecule has 2 aromatic carbocycles. The van der Waals surface area contributed by atoms with Crippen molar-refractivity contribution in [2.75, 3.05) is 0 Å². The molecule has 0 radical (unpaired) electrons. The minimum absolute atomic E-state index is 0.285. The fourth-order valence-corrected chi connectivity index (χ4v) is 2.35. The van der Waals surface area contributed by atoms with Gasteiger partial charge in [0.15, 0.2) is 0 Å². The summed E-state index contributed by atoms with van der Waals surface area (Å²) in [5, 5.41) is 8.87. The van der Waals surface area contributed by atoms with Crippen molar-refractivity contribution < 1.29 is 9.84 Å². The fourth-order valence-electron chi connectivity index (χ4n) is 1.42. The van der Waals surface area contributed by atoms with E-state index in [0.29, 0.717) is 6.10 Å². The molecule has 0 bridgehead atoms. The SMILES string of the molecule is BrC1CC1.Brc1ccccc1OC1CC1.Oc1ccccc1Br. The molecule has 1 N–H and O–H groups in total. The van der Waals surface area contributed by atoms with E-state index in [-0.39, 0.29) is 5.75 Å². The summed E-state index contributed by atoms with van der Waals surface area (Å²) in [5.41, 5.74) is 0. The van der Waals surface area contributed by atoms with Crippen LogP contribution in [0.4, 0.5) is 0 Å². The van der Waals surface area contributed by atoms with Gasteiger partial charge in [-0.15, -0.1) is 0 Å². The zero-order valence-corrected chi connectivity index (χ0v) is 17.3. The number of para-hydroxylation sites is 2. The Morgan fingerprint density at radius 1 is 0.826 bits per heavy atom. The Labute approximate surface area is 162 Å². The molecule has 0 aliphatic heterocycles. The molecule has 5 heteroatoms. The van der Waals surface area contributed by atoms with Crippen LogP contribution in [0.3, 0.4) is 0 Å². The molecule has 2 aliphatic rings. The van der Waals surface area contributed by atoms with Crippen molar-refractivity contribution in [2.45, 2.75) is 36.6 Å². The maximum absolute atomic E-state index is 8.87. The van der Waals surface area contributed by atoms with Gasteiger partial charge in [0, 0.05) is 4.83 Å². The molecule has 0 amide bonds.